The molecule has 0 radical (unpaired) electrons. The van der Waals surface area contributed by atoms with Crippen molar-refractivity contribution in [1.82, 2.24) is 15.1 Å². The highest BCUT2D eigenvalue weighted by molar-refractivity contribution is 5.14. The van der Waals surface area contributed by atoms with Crippen LogP contribution in [0.1, 0.15) is 24.0 Å². The van der Waals surface area contributed by atoms with E-state index in [4.69, 9.17) is 0 Å². The van der Waals surface area contributed by atoms with Crippen molar-refractivity contribution in [2.45, 2.75) is 32.2 Å². The molecule has 0 aliphatic heterocycles. The molecule has 1 aromatic carbocycles. The molecular formula is C16H23N3. The Morgan fingerprint density at radius 1 is 1.05 bits per heavy atom. The maximum atomic E-state index is 4.42. The zero-order valence-corrected chi connectivity index (χ0v) is 11.7. The van der Waals surface area contributed by atoms with E-state index in [2.05, 4.69) is 51.6 Å². The fourth-order valence-electron chi connectivity index (χ4n) is 2.22. The van der Waals surface area contributed by atoms with Gasteiger partial charge in [0.1, 0.15) is 0 Å². The maximum Gasteiger partial charge on any atom is 0.0521 e. The van der Waals surface area contributed by atoms with Crippen LogP contribution in [0.3, 0.4) is 0 Å². The van der Waals surface area contributed by atoms with Gasteiger partial charge in [0.2, 0.25) is 0 Å². The van der Waals surface area contributed by atoms with E-state index in [1.807, 2.05) is 13.2 Å². The Hall–Kier alpha value is -1.61. The second-order valence-corrected chi connectivity index (χ2v) is 4.91. The number of rotatable bonds is 8. The van der Waals surface area contributed by atoms with Gasteiger partial charge in [-0.2, -0.15) is 5.10 Å². The van der Waals surface area contributed by atoms with E-state index in [0.717, 1.165) is 32.4 Å². The lowest BCUT2D eigenvalue weighted by Gasteiger charge is -2.02. The van der Waals surface area contributed by atoms with Crippen molar-refractivity contribution >= 4 is 0 Å². The van der Waals surface area contributed by atoms with E-state index < -0.39 is 0 Å². The lowest BCUT2D eigenvalue weighted by atomic mass is 10.1. The van der Waals surface area contributed by atoms with Crippen molar-refractivity contribution < 1.29 is 0 Å². The Labute approximate surface area is 115 Å². The minimum Gasteiger partial charge on any atom is -0.320 e. The summed E-state index contributed by atoms with van der Waals surface area (Å²) in [5.41, 5.74) is 2.75. The Kier molecular flexibility index (Phi) is 5.63. The molecule has 0 spiro atoms. The molecule has 1 N–H and O–H groups in total. The lowest BCUT2D eigenvalue weighted by molar-refractivity contribution is 0.578. The molecule has 1 heterocycles. The Balaban J connectivity index is 1.71. The molecule has 3 nitrogen and oxygen atoms in total. The van der Waals surface area contributed by atoms with E-state index in [-0.39, 0.29) is 0 Å². The first-order valence-electron chi connectivity index (χ1n) is 7.08. The van der Waals surface area contributed by atoms with Crippen molar-refractivity contribution in [2.24, 2.45) is 0 Å². The smallest absolute Gasteiger partial charge is 0.0521 e. The Morgan fingerprint density at radius 2 is 1.84 bits per heavy atom. The Bertz CT molecular complexity index is 462. The molecule has 1 aromatic heterocycles. The van der Waals surface area contributed by atoms with E-state index in [1.54, 1.807) is 0 Å². The first-order chi connectivity index (χ1) is 9.38. The third-order valence-corrected chi connectivity index (χ3v) is 3.27. The van der Waals surface area contributed by atoms with E-state index in [0.29, 0.717) is 0 Å². The first kappa shape index (κ1) is 13.8. The van der Waals surface area contributed by atoms with Crippen LogP contribution in [0.25, 0.3) is 0 Å². The van der Waals surface area contributed by atoms with Crippen LogP contribution in [0, 0.1) is 0 Å². The summed E-state index contributed by atoms with van der Waals surface area (Å²) in [5, 5.41) is 7.59. The van der Waals surface area contributed by atoms with Gasteiger partial charge in [-0.1, -0.05) is 30.3 Å². The van der Waals surface area contributed by atoms with Crippen LogP contribution in [0.4, 0.5) is 0 Å². The third-order valence-electron chi connectivity index (χ3n) is 3.27. The summed E-state index contributed by atoms with van der Waals surface area (Å²) >= 11 is 0. The summed E-state index contributed by atoms with van der Waals surface area (Å²) in [4.78, 5) is 0. The van der Waals surface area contributed by atoms with Crippen molar-refractivity contribution in [1.29, 1.82) is 0 Å². The summed E-state index contributed by atoms with van der Waals surface area (Å²) in [5.74, 6) is 0. The molecular weight excluding hydrogens is 234 g/mol. The number of aryl methyl sites for hydroxylation is 3. The predicted molar refractivity (Wildman–Crippen MR) is 79.2 cm³/mol. The average molecular weight is 257 g/mol. The number of nitrogens with one attached hydrogen (secondary N) is 1. The molecule has 3 heteroatoms. The summed E-state index contributed by atoms with van der Waals surface area (Å²) < 4.78 is 2.07. The highest BCUT2D eigenvalue weighted by Gasteiger charge is 1.99. The van der Waals surface area contributed by atoms with Gasteiger partial charge in [-0.15, -0.1) is 0 Å². The maximum absolute atomic E-state index is 4.42. The largest absolute Gasteiger partial charge is 0.320 e. The van der Waals surface area contributed by atoms with E-state index in [1.165, 1.54) is 17.5 Å². The SMILES string of the molecule is CNCCCc1cnn(CCCc2ccccc2)c1. The highest BCUT2D eigenvalue weighted by atomic mass is 15.3. The molecule has 2 aromatic rings. The minimum absolute atomic E-state index is 1.00. The molecule has 2 rings (SSSR count). The first-order valence-corrected chi connectivity index (χ1v) is 7.08. The van der Waals surface area contributed by atoms with Gasteiger partial charge in [0.15, 0.2) is 0 Å². The summed E-state index contributed by atoms with van der Waals surface area (Å²) in [7, 11) is 1.99. The van der Waals surface area contributed by atoms with Crippen molar-refractivity contribution in [2.75, 3.05) is 13.6 Å². The van der Waals surface area contributed by atoms with Gasteiger partial charge >= 0.3 is 0 Å². The zero-order chi connectivity index (χ0) is 13.3. The lowest BCUT2D eigenvalue weighted by Crippen LogP contribution is -2.08. The highest BCUT2D eigenvalue weighted by Crippen LogP contribution is 2.05. The normalized spacial score (nSPS) is 10.8. The zero-order valence-electron chi connectivity index (χ0n) is 11.7. The second kappa shape index (κ2) is 7.74. The molecule has 0 bridgehead atoms. The Morgan fingerprint density at radius 3 is 2.63 bits per heavy atom. The summed E-state index contributed by atoms with van der Waals surface area (Å²) in [6.07, 6.45) is 8.72. The standard InChI is InChI=1S/C16H23N3/c1-17-11-5-9-16-13-18-19(14-16)12-6-10-15-7-3-2-4-8-15/h2-4,7-8,13-14,17H,5-6,9-12H2,1H3. The van der Waals surface area contributed by atoms with Crippen molar-refractivity contribution in [3.8, 4) is 0 Å². The van der Waals surface area contributed by atoms with Crippen LogP contribution in [-0.4, -0.2) is 23.4 Å². The third kappa shape index (κ3) is 4.87. The van der Waals surface area contributed by atoms with Crippen LogP contribution >= 0.6 is 0 Å². The van der Waals surface area contributed by atoms with Crippen LogP contribution < -0.4 is 5.32 Å². The fraction of sp³-hybridized carbons (Fsp3) is 0.438. The van der Waals surface area contributed by atoms with Gasteiger partial charge in [-0.3, -0.25) is 4.68 Å². The van der Waals surface area contributed by atoms with Gasteiger partial charge in [-0.25, -0.2) is 0 Å². The van der Waals surface area contributed by atoms with Crippen LogP contribution in [0.15, 0.2) is 42.7 Å². The molecule has 0 unspecified atom stereocenters. The molecule has 19 heavy (non-hydrogen) atoms. The molecule has 0 amide bonds. The van der Waals surface area contributed by atoms with Gasteiger partial charge < -0.3 is 5.32 Å². The molecule has 102 valence electrons. The average Bonchev–Trinajstić information content (AvgIpc) is 2.88. The van der Waals surface area contributed by atoms with E-state index in [9.17, 15) is 0 Å². The molecule has 0 saturated heterocycles. The van der Waals surface area contributed by atoms with Crippen molar-refractivity contribution in [3.05, 3.63) is 53.9 Å². The van der Waals surface area contributed by atoms with E-state index >= 15 is 0 Å². The monoisotopic (exact) mass is 257 g/mol. The topological polar surface area (TPSA) is 29.9 Å². The fourth-order valence-corrected chi connectivity index (χ4v) is 2.22. The molecule has 0 aliphatic rings. The molecule has 0 aliphatic carbocycles. The van der Waals surface area contributed by atoms with Crippen LogP contribution in [-0.2, 0) is 19.4 Å². The quantitative estimate of drug-likeness (QED) is 0.737. The number of aromatic nitrogens is 2. The van der Waals surface area contributed by atoms with Gasteiger partial charge in [-0.05, 0) is 50.4 Å². The van der Waals surface area contributed by atoms with Gasteiger partial charge in [0.25, 0.3) is 0 Å². The van der Waals surface area contributed by atoms with Crippen LogP contribution in [0.2, 0.25) is 0 Å². The van der Waals surface area contributed by atoms with Crippen molar-refractivity contribution in [3.63, 3.8) is 0 Å². The second-order valence-electron chi connectivity index (χ2n) is 4.91. The molecule has 0 saturated carbocycles. The number of nitrogens with zero attached hydrogens (tertiary/aromatic N) is 2. The number of hydrogen-bond donors (Lipinski definition) is 1. The number of hydrogen-bond acceptors (Lipinski definition) is 2. The summed E-state index contributed by atoms with van der Waals surface area (Å²) in [6.45, 7) is 2.07. The molecule has 0 atom stereocenters. The number of benzene rings is 1. The van der Waals surface area contributed by atoms with Gasteiger partial charge in [0, 0.05) is 12.7 Å². The molecule has 0 fully saturated rings. The predicted octanol–water partition coefficient (Wildman–Crippen LogP) is 2.67. The van der Waals surface area contributed by atoms with Crippen LogP contribution in [0.5, 0.6) is 0 Å². The minimum atomic E-state index is 1.00. The van der Waals surface area contributed by atoms with Gasteiger partial charge in [0.05, 0.1) is 6.20 Å². The summed E-state index contributed by atoms with van der Waals surface area (Å²) in [6, 6.07) is 10.6.